The zero-order chi connectivity index (χ0) is 16.6. The first-order valence-corrected chi connectivity index (χ1v) is 7.50. The van der Waals surface area contributed by atoms with Gasteiger partial charge in [0.1, 0.15) is 28.5 Å². The predicted molar refractivity (Wildman–Crippen MR) is 83.6 cm³/mol. The maximum Gasteiger partial charge on any atom is 0.285 e. The number of methoxy groups -OCH3 is 1. The molecule has 0 aliphatic rings. The first kappa shape index (κ1) is 15.4. The highest BCUT2D eigenvalue weighted by Crippen LogP contribution is 2.26. The van der Waals surface area contributed by atoms with E-state index in [2.05, 4.69) is 4.99 Å². The third-order valence-electron chi connectivity index (χ3n) is 3.38. The van der Waals surface area contributed by atoms with Crippen molar-refractivity contribution >= 4 is 27.5 Å². The second-order valence-electron chi connectivity index (χ2n) is 4.76. The number of para-hydroxylation sites is 1. The molecule has 0 saturated carbocycles. The maximum absolute atomic E-state index is 13.7. The van der Waals surface area contributed by atoms with Gasteiger partial charge in [0, 0.05) is 7.05 Å². The number of hydrogen-bond acceptors (Lipinski definition) is 3. The Morgan fingerprint density at radius 2 is 1.83 bits per heavy atom. The molecule has 0 fully saturated rings. The number of amides is 1. The van der Waals surface area contributed by atoms with Gasteiger partial charge in [0.2, 0.25) is 0 Å². The van der Waals surface area contributed by atoms with Gasteiger partial charge in [-0.3, -0.25) is 4.79 Å². The number of aryl methyl sites for hydroxylation is 1. The van der Waals surface area contributed by atoms with Crippen molar-refractivity contribution in [3.63, 3.8) is 0 Å². The fraction of sp³-hybridized carbons (Fsp3) is 0.125. The van der Waals surface area contributed by atoms with Crippen LogP contribution in [-0.2, 0) is 7.05 Å². The number of carbonyl (C=O) groups excluding carboxylic acids is 1. The lowest BCUT2D eigenvalue weighted by molar-refractivity contribution is 0.0990. The Kier molecular flexibility index (Phi) is 3.96. The van der Waals surface area contributed by atoms with Crippen LogP contribution in [0, 0.1) is 11.6 Å². The quantitative estimate of drug-likeness (QED) is 0.722. The average molecular weight is 334 g/mol. The van der Waals surface area contributed by atoms with Crippen LogP contribution in [0.5, 0.6) is 5.75 Å². The van der Waals surface area contributed by atoms with E-state index in [1.807, 2.05) is 12.1 Å². The van der Waals surface area contributed by atoms with Crippen molar-refractivity contribution in [1.29, 1.82) is 0 Å². The van der Waals surface area contributed by atoms with Crippen molar-refractivity contribution in [1.82, 2.24) is 4.57 Å². The molecule has 1 amide bonds. The molecule has 3 aromatic rings. The van der Waals surface area contributed by atoms with Crippen LogP contribution in [0.3, 0.4) is 0 Å². The standard InChI is InChI=1S/C16H12F2N2O2S/c1-20-14-11(22-2)7-4-8-12(14)23-16(20)19-15(21)13-9(17)5-3-6-10(13)18/h3-8H,1-2H3. The van der Waals surface area contributed by atoms with Gasteiger partial charge in [0.25, 0.3) is 5.91 Å². The number of aromatic nitrogens is 1. The number of halogens is 2. The van der Waals surface area contributed by atoms with E-state index in [0.29, 0.717) is 10.6 Å². The van der Waals surface area contributed by atoms with E-state index in [1.54, 1.807) is 24.8 Å². The molecule has 0 saturated heterocycles. The highest BCUT2D eigenvalue weighted by Gasteiger charge is 2.17. The summed E-state index contributed by atoms with van der Waals surface area (Å²) in [5, 5.41) is 0. The Morgan fingerprint density at radius 1 is 1.17 bits per heavy atom. The number of carbonyl (C=O) groups is 1. The molecule has 7 heteroatoms. The molecule has 0 spiro atoms. The predicted octanol–water partition coefficient (Wildman–Crippen LogP) is 3.27. The van der Waals surface area contributed by atoms with E-state index in [1.165, 1.54) is 17.4 Å². The molecule has 4 nitrogen and oxygen atoms in total. The van der Waals surface area contributed by atoms with E-state index in [-0.39, 0.29) is 0 Å². The van der Waals surface area contributed by atoms with Crippen LogP contribution < -0.4 is 9.54 Å². The van der Waals surface area contributed by atoms with Crippen LogP contribution in [-0.4, -0.2) is 17.6 Å². The number of thiazole rings is 1. The molecular formula is C16H12F2N2O2S. The summed E-state index contributed by atoms with van der Waals surface area (Å²) in [6, 6.07) is 8.72. The highest BCUT2D eigenvalue weighted by molar-refractivity contribution is 7.16. The largest absolute Gasteiger partial charge is 0.495 e. The molecule has 0 bridgehead atoms. The van der Waals surface area contributed by atoms with Gasteiger partial charge in [0.15, 0.2) is 4.80 Å². The van der Waals surface area contributed by atoms with Crippen molar-refractivity contribution in [2.75, 3.05) is 7.11 Å². The number of rotatable bonds is 2. The minimum atomic E-state index is -0.957. The van der Waals surface area contributed by atoms with Crippen molar-refractivity contribution in [2.45, 2.75) is 0 Å². The van der Waals surface area contributed by atoms with E-state index in [9.17, 15) is 13.6 Å². The van der Waals surface area contributed by atoms with Crippen LogP contribution in [0.4, 0.5) is 8.78 Å². The van der Waals surface area contributed by atoms with E-state index in [0.717, 1.165) is 22.3 Å². The minimum absolute atomic E-state index is 0.331. The molecule has 23 heavy (non-hydrogen) atoms. The molecule has 0 aliphatic carbocycles. The summed E-state index contributed by atoms with van der Waals surface area (Å²) in [4.78, 5) is 16.4. The fourth-order valence-corrected chi connectivity index (χ4v) is 3.32. The summed E-state index contributed by atoms with van der Waals surface area (Å²) in [6.07, 6.45) is 0. The van der Waals surface area contributed by atoms with Gasteiger partial charge >= 0.3 is 0 Å². The van der Waals surface area contributed by atoms with Gasteiger partial charge in [-0.05, 0) is 24.3 Å². The van der Waals surface area contributed by atoms with Gasteiger partial charge < -0.3 is 9.30 Å². The summed E-state index contributed by atoms with van der Waals surface area (Å²) < 4.78 is 35.2. The van der Waals surface area contributed by atoms with Crippen LogP contribution in [0.15, 0.2) is 41.4 Å². The van der Waals surface area contributed by atoms with Crippen molar-refractivity contribution in [3.05, 3.63) is 58.4 Å². The molecule has 0 atom stereocenters. The number of ether oxygens (including phenoxy) is 1. The normalized spacial score (nSPS) is 11.9. The van der Waals surface area contributed by atoms with Crippen LogP contribution in [0.1, 0.15) is 10.4 Å². The summed E-state index contributed by atoms with van der Waals surface area (Å²) in [5.41, 5.74) is 0.109. The molecule has 1 aromatic heterocycles. The highest BCUT2D eigenvalue weighted by atomic mass is 32.1. The monoisotopic (exact) mass is 334 g/mol. The Balaban J connectivity index is 2.19. The number of fused-ring (bicyclic) bond motifs is 1. The molecule has 0 radical (unpaired) electrons. The number of benzene rings is 2. The molecule has 0 unspecified atom stereocenters. The zero-order valence-electron chi connectivity index (χ0n) is 12.3. The molecule has 2 aromatic carbocycles. The number of nitrogens with zero attached hydrogens (tertiary/aromatic N) is 2. The second-order valence-corrected chi connectivity index (χ2v) is 5.77. The van der Waals surface area contributed by atoms with E-state index in [4.69, 9.17) is 4.74 Å². The lowest BCUT2D eigenvalue weighted by Gasteiger charge is -2.03. The molecule has 0 N–H and O–H groups in total. The van der Waals surface area contributed by atoms with Crippen LogP contribution >= 0.6 is 11.3 Å². The van der Waals surface area contributed by atoms with E-state index >= 15 is 0 Å². The first-order valence-electron chi connectivity index (χ1n) is 6.68. The summed E-state index contributed by atoms with van der Waals surface area (Å²) in [5.74, 6) is -2.19. The SMILES string of the molecule is COc1cccc2sc(=NC(=O)c3c(F)cccc3F)n(C)c12. The summed E-state index contributed by atoms with van der Waals surface area (Å²) in [6.45, 7) is 0. The maximum atomic E-state index is 13.7. The molecule has 1 heterocycles. The summed E-state index contributed by atoms with van der Waals surface area (Å²) in [7, 11) is 3.26. The minimum Gasteiger partial charge on any atom is -0.495 e. The van der Waals surface area contributed by atoms with Gasteiger partial charge in [-0.25, -0.2) is 8.78 Å². The number of hydrogen-bond donors (Lipinski definition) is 0. The van der Waals surface area contributed by atoms with Crippen molar-refractivity contribution in [2.24, 2.45) is 12.0 Å². The Labute approximate surface area is 134 Å². The van der Waals surface area contributed by atoms with Crippen LogP contribution in [0.25, 0.3) is 10.2 Å². The third-order valence-corrected chi connectivity index (χ3v) is 4.48. The molecular weight excluding hydrogens is 322 g/mol. The Hall–Kier alpha value is -2.54. The Bertz CT molecular complexity index is 956. The smallest absolute Gasteiger partial charge is 0.285 e. The van der Waals surface area contributed by atoms with Gasteiger partial charge in [-0.15, -0.1) is 0 Å². The first-order chi connectivity index (χ1) is 11.0. The van der Waals surface area contributed by atoms with E-state index < -0.39 is 23.1 Å². The van der Waals surface area contributed by atoms with Gasteiger partial charge in [0.05, 0.1) is 11.8 Å². The molecule has 0 aliphatic heterocycles. The van der Waals surface area contributed by atoms with Crippen LogP contribution in [0.2, 0.25) is 0 Å². The topological polar surface area (TPSA) is 43.6 Å². The average Bonchev–Trinajstić information content (AvgIpc) is 2.83. The van der Waals surface area contributed by atoms with Gasteiger partial charge in [-0.2, -0.15) is 4.99 Å². The molecule has 118 valence electrons. The van der Waals surface area contributed by atoms with Gasteiger partial charge in [-0.1, -0.05) is 23.5 Å². The van der Waals surface area contributed by atoms with Crippen molar-refractivity contribution < 1.29 is 18.3 Å². The Morgan fingerprint density at radius 3 is 2.48 bits per heavy atom. The third kappa shape index (κ3) is 2.63. The zero-order valence-corrected chi connectivity index (χ0v) is 13.2. The second kappa shape index (κ2) is 5.92. The van der Waals surface area contributed by atoms with Crippen molar-refractivity contribution in [3.8, 4) is 5.75 Å². The lowest BCUT2D eigenvalue weighted by Crippen LogP contribution is -2.15. The fourth-order valence-electron chi connectivity index (χ4n) is 2.29. The molecule has 3 rings (SSSR count). The lowest BCUT2D eigenvalue weighted by atomic mass is 10.2. The summed E-state index contributed by atoms with van der Waals surface area (Å²) >= 11 is 1.24.